The predicted octanol–water partition coefficient (Wildman–Crippen LogP) is 1.37. The summed E-state index contributed by atoms with van der Waals surface area (Å²) in [4.78, 5) is 4.12. The smallest absolute Gasteiger partial charge is 0.258 e. The zero-order chi connectivity index (χ0) is 15.1. The highest BCUT2D eigenvalue weighted by Gasteiger charge is 2.33. The van der Waals surface area contributed by atoms with Crippen LogP contribution in [0, 0.1) is 0 Å². The van der Waals surface area contributed by atoms with Gasteiger partial charge in [-0.25, -0.2) is 18.1 Å². The van der Waals surface area contributed by atoms with Crippen molar-refractivity contribution >= 4 is 33.5 Å². The normalized spacial score (nSPS) is 17.0. The number of pyridine rings is 1. The summed E-state index contributed by atoms with van der Waals surface area (Å²) >= 11 is 0. The minimum absolute atomic E-state index is 0. The molecule has 122 valence electrons. The predicted molar refractivity (Wildman–Crippen MR) is 84.4 cm³/mol. The van der Waals surface area contributed by atoms with Crippen molar-refractivity contribution in [1.29, 1.82) is 0 Å². The fraction of sp³-hybridized carbons (Fsp3) is 0.538. The Morgan fingerprint density at radius 3 is 2.77 bits per heavy atom. The molecule has 3 N–H and O–H groups in total. The lowest BCUT2D eigenvalue weighted by molar-refractivity contribution is 0.251. The molecule has 9 heteroatoms. The van der Waals surface area contributed by atoms with Crippen LogP contribution in [0.2, 0.25) is 0 Å². The lowest BCUT2D eigenvalue weighted by Gasteiger charge is -2.37. The third kappa shape index (κ3) is 3.10. The molecule has 0 bridgehead atoms. The summed E-state index contributed by atoms with van der Waals surface area (Å²) in [6, 6.07) is 1.55. The molecule has 7 nitrogen and oxygen atoms in total. The zero-order valence-corrected chi connectivity index (χ0v) is 13.8. The van der Waals surface area contributed by atoms with E-state index in [2.05, 4.69) is 14.9 Å². The molecule has 1 aliphatic carbocycles. The molecule has 1 saturated carbocycles. The first kappa shape index (κ1) is 17.1. The second-order valence-corrected chi connectivity index (χ2v) is 7.31. The molecule has 3 rings (SSSR count). The van der Waals surface area contributed by atoms with E-state index in [9.17, 15) is 8.42 Å². The molecular formula is C13H19ClN4O3S. The van der Waals surface area contributed by atoms with Crippen molar-refractivity contribution < 1.29 is 12.9 Å². The van der Waals surface area contributed by atoms with E-state index < -0.39 is 15.6 Å². The summed E-state index contributed by atoms with van der Waals surface area (Å²) in [5.74, 6) is 0. The van der Waals surface area contributed by atoms with Crippen molar-refractivity contribution in [3.05, 3.63) is 18.0 Å². The highest BCUT2D eigenvalue weighted by atomic mass is 35.5. The monoisotopic (exact) mass is 346 g/mol. The van der Waals surface area contributed by atoms with Gasteiger partial charge in [0.15, 0.2) is 0 Å². The van der Waals surface area contributed by atoms with Crippen molar-refractivity contribution in [1.82, 2.24) is 14.9 Å². The van der Waals surface area contributed by atoms with Gasteiger partial charge in [-0.3, -0.25) is 0 Å². The van der Waals surface area contributed by atoms with Gasteiger partial charge in [-0.1, -0.05) is 12.1 Å². The average Bonchev–Trinajstić information content (AvgIpc) is 2.85. The van der Waals surface area contributed by atoms with E-state index in [1.807, 2.05) is 6.92 Å². The molecule has 0 aliphatic heterocycles. The molecule has 0 amide bonds. The van der Waals surface area contributed by atoms with Gasteiger partial charge in [0.25, 0.3) is 5.71 Å². The van der Waals surface area contributed by atoms with Gasteiger partial charge in [0.1, 0.15) is 4.90 Å². The number of rotatable bonds is 5. The number of hydrogen-bond donors (Lipinski definition) is 2. The van der Waals surface area contributed by atoms with Gasteiger partial charge in [0.05, 0.1) is 17.3 Å². The third-order valence-electron chi connectivity index (χ3n) is 3.99. The lowest BCUT2D eigenvalue weighted by Crippen LogP contribution is -2.54. The van der Waals surface area contributed by atoms with Crippen molar-refractivity contribution in [2.45, 2.75) is 43.0 Å². The minimum Gasteiger partial charge on any atom is -0.336 e. The van der Waals surface area contributed by atoms with Crippen LogP contribution in [0.1, 0.15) is 31.9 Å². The molecule has 0 spiro atoms. The molecule has 2 aromatic rings. The second-order valence-electron chi connectivity index (χ2n) is 5.55. The molecule has 1 aliphatic rings. The van der Waals surface area contributed by atoms with Gasteiger partial charge < -0.3 is 10.3 Å². The minimum atomic E-state index is -3.63. The maximum atomic E-state index is 12.3. The Morgan fingerprint density at radius 1 is 1.45 bits per heavy atom. The van der Waals surface area contributed by atoms with Crippen LogP contribution >= 0.6 is 12.4 Å². The summed E-state index contributed by atoms with van der Waals surface area (Å²) in [5.41, 5.74) is 6.68. The van der Waals surface area contributed by atoms with Gasteiger partial charge in [0.2, 0.25) is 10.0 Å². The number of hydrogen-bond acceptors (Lipinski definition) is 6. The van der Waals surface area contributed by atoms with Gasteiger partial charge in [-0.2, -0.15) is 0 Å². The van der Waals surface area contributed by atoms with E-state index in [1.54, 1.807) is 6.07 Å². The fourth-order valence-corrected chi connectivity index (χ4v) is 3.50. The lowest BCUT2D eigenvalue weighted by atomic mass is 9.78. The molecular weight excluding hydrogens is 328 g/mol. The Hall–Kier alpha value is -1.22. The van der Waals surface area contributed by atoms with Gasteiger partial charge in [-0.15, -0.1) is 12.4 Å². The Bertz CT molecular complexity index is 771. The molecule has 0 saturated heterocycles. The maximum Gasteiger partial charge on any atom is 0.258 e. The van der Waals surface area contributed by atoms with Crippen LogP contribution in [-0.2, 0) is 16.4 Å². The number of sulfonamides is 1. The standard InChI is InChI=1S/C13H18N4O3S.ClH/c1-2-11-10-6-9(7-15-12(10)20-17-11)21(18,19)16-8-13(14)4-3-5-13;/h6-7,16H,2-5,8,14H2,1H3;1H. The summed E-state index contributed by atoms with van der Waals surface area (Å²) in [6.07, 6.45) is 4.67. The Balaban J connectivity index is 0.00000176. The molecule has 2 heterocycles. The van der Waals surface area contributed by atoms with E-state index in [0.717, 1.165) is 19.3 Å². The summed E-state index contributed by atoms with van der Waals surface area (Å²) in [5, 5.41) is 4.50. The van der Waals surface area contributed by atoms with Crippen LogP contribution < -0.4 is 10.5 Å². The van der Waals surface area contributed by atoms with Crippen LogP contribution in [0.15, 0.2) is 21.7 Å². The Morgan fingerprint density at radius 2 is 2.18 bits per heavy atom. The number of aryl methyl sites for hydroxylation is 1. The van der Waals surface area contributed by atoms with Crippen molar-refractivity contribution in [3.63, 3.8) is 0 Å². The second kappa shape index (κ2) is 6.11. The molecule has 2 aromatic heterocycles. The quantitative estimate of drug-likeness (QED) is 0.845. The van der Waals surface area contributed by atoms with E-state index in [4.69, 9.17) is 10.3 Å². The van der Waals surface area contributed by atoms with E-state index in [-0.39, 0.29) is 23.8 Å². The van der Waals surface area contributed by atoms with Crippen LogP contribution in [-0.4, -0.2) is 30.6 Å². The third-order valence-corrected chi connectivity index (χ3v) is 5.36. The molecule has 0 aromatic carbocycles. The molecule has 0 unspecified atom stereocenters. The largest absolute Gasteiger partial charge is 0.336 e. The van der Waals surface area contributed by atoms with Crippen LogP contribution in [0.3, 0.4) is 0 Å². The van der Waals surface area contributed by atoms with Gasteiger partial charge in [0, 0.05) is 12.1 Å². The molecule has 0 atom stereocenters. The average molecular weight is 347 g/mol. The highest BCUT2D eigenvalue weighted by molar-refractivity contribution is 7.89. The van der Waals surface area contributed by atoms with Crippen LogP contribution in [0.5, 0.6) is 0 Å². The summed E-state index contributed by atoms with van der Waals surface area (Å²) < 4.78 is 32.3. The van der Waals surface area contributed by atoms with E-state index >= 15 is 0 Å². The highest BCUT2D eigenvalue weighted by Crippen LogP contribution is 2.28. The first-order valence-electron chi connectivity index (χ1n) is 6.96. The number of nitrogens with one attached hydrogen (secondary N) is 1. The van der Waals surface area contributed by atoms with Crippen molar-refractivity contribution in [2.24, 2.45) is 5.73 Å². The summed E-state index contributed by atoms with van der Waals surface area (Å²) in [7, 11) is -3.63. The molecule has 1 fully saturated rings. The topological polar surface area (TPSA) is 111 Å². The van der Waals surface area contributed by atoms with Gasteiger partial charge >= 0.3 is 0 Å². The first-order valence-corrected chi connectivity index (χ1v) is 8.45. The SMILES string of the molecule is CCc1noc2ncc(S(=O)(=O)NCC3(N)CCC3)cc12.Cl. The van der Waals surface area contributed by atoms with Crippen LogP contribution in [0.4, 0.5) is 0 Å². The van der Waals surface area contributed by atoms with E-state index in [1.165, 1.54) is 6.20 Å². The number of nitrogens with zero attached hydrogens (tertiary/aromatic N) is 2. The number of aromatic nitrogens is 2. The summed E-state index contributed by atoms with van der Waals surface area (Å²) in [6.45, 7) is 2.17. The zero-order valence-electron chi connectivity index (χ0n) is 12.2. The van der Waals surface area contributed by atoms with Crippen LogP contribution in [0.25, 0.3) is 11.1 Å². The van der Waals surface area contributed by atoms with E-state index in [0.29, 0.717) is 23.2 Å². The fourth-order valence-electron chi connectivity index (χ4n) is 2.39. The first-order chi connectivity index (χ1) is 9.93. The maximum absolute atomic E-state index is 12.3. The van der Waals surface area contributed by atoms with Crippen molar-refractivity contribution in [2.75, 3.05) is 6.54 Å². The molecule has 0 radical (unpaired) electrons. The number of fused-ring (bicyclic) bond motifs is 1. The number of nitrogens with two attached hydrogens (primary N) is 1. The van der Waals surface area contributed by atoms with Gasteiger partial charge in [-0.05, 0) is 31.7 Å². The molecule has 22 heavy (non-hydrogen) atoms. The Kier molecular flexibility index (Phi) is 4.76. The Labute approximate surface area is 135 Å². The van der Waals surface area contributed by atoms with Crippen molar-refractivity contribution in [3.8, 4) is 0 Å². The number of halogens is 1.